The lowest BCUT2D eigenvalue weighted by molar-refractivity contribution is -0.278. The van der Waals surface area contributed by atoms with Crippen LogP contribution in [0.5, 0.6) is 5.75 Å². The summed E-state index contributed by atoms with van der Waals surface area (Å²) < 4.78 is 16.1. The average molecular weight is 383 g/mol. The first-order valence-corrected chi connectivity index (χ1v) is 8.59. The van der Waals surface area contributed by atoms with Crippen LogP contribution in [-0.2, 0) is 19.1 Å². The molecule has 27 heavy (non-hydrogen) atoms. The Kier molecular flexibility index (Phi) is 7.14. The summed E-state index contributed by atoms with van der Waals surface area (Å²) in [7, 11) is 0. The van der Waals surface area contributed by atoms with E-state index in [1.807, 2.05) is 0 Å². The predicted octanol–water partition coefficient (Wildman–Crippen LogP) is 0.0306. The third-order valence-electron chi connectivity index (χ3n) is 3.96. The molecule has 0 aliphatic carbocycles. The lowest BCUT2D eigenvalue weighted by Gasteiger charge is -2.40. The minimum absolute atomic E-state index is 0.217. The van der Waals surface area contributed by atoms with Crippen molar-refractivity contribution in [1.29, 1.82) is 0 Å². The molecule has 4 N–H and O–H groups in total. The molecule has 0 bridgehead atoms. The van der Waals surface area contributed by atoms with E-state index in [1.54, 1.807) is 38.1 Å². The molecule has 1 aliphatic heterocycles. The van der Waals surface area contributed by atoms with Crippen LogP contribution in [0, 0.1) is 5.92 Å². The summed E-state index contributed by atoms with van der Waals surface area (Å²) in [5, 5.41) is 32.8. The molecular weight excluding hydrogens is 358 g/mol. The van der Waals surface area contributed by atoms with E-state index in [2.05, 4.69) is 5.32 Å². The van der Waals surface area contributed by atoms with E-state index in [-0.39, 0.29) is 18.4 Å². The lowest BCUT2D eigenvalue weighted by Crippen LogP contribution is -2.60. The Morgan fingerprint density at radius 3 is 2.30 bits per heavy atom. The quantitative estimate of drug-likeness (QED) is 0.506. The first kappa shape index (κ1) is 21.1. The second kappa shape index (κ2) is 9.14. The zero-order valence-electron chi connectivity index (χ0n) is 15.4. The molecule has 5 atom stereocenters. The number of amides is 1. The Labute approximate surface area is 156 Å². The molecule has 2 rings (SSSR count). The van der Waals surface area contributed by atoms with E-state index >= 15 is 0 Å². The summed E-state index contributed by atoms with van der Waals surface area (Å²) >= 11 is 0. The molecule has 1 heterocycles. The van der Waals surface area contributed by atoms with Gasteiger partial charge in [-0.25, -0.2) is 0 Å². The molecule has 0 spiro atoms. The van der Waals surface area contributed by atoms with E-state index < -0.39 is 36.7 Å². The summed E-state index contributed by atoms with van der Waals surface area (Å²) in [6.07, 6.45) is -6.83. The van der Waals surface area contributed by atoms with Crippen molar-refractivity contribution in [2.45, 2.75) is 51.5 Å². The van der Waals surface area contributed by atoms with E-state index in [1.165, 1.54) is 6.92 Å². The van der Waals surface area contributed by atoms with Crippen molar-refractivity contribution in [3.05, 3.63) is 24.3 Å². The number of hydrogen-bond donors (Lipinski definition) is 4. The number of aliphatic hydroxyl groups is 3. The molecule has 150 valence electrons. The van der Waals surface area contributed by atoms with Crippen LogP contribution < -0.4 is 10.1 Å². The summed E-state index contributed by atoms with van der Waals surface area (Å²) in [4.78, 5) is 22.6. The molecule has 1 fully saturated rings. The summed E-state index contributed by atoms with van der Waals surface area (Å²) in [5.41, 5.74) is 0.564. The fraction of sp³-hybridized carbons (Fsp3) is 0.556. The van der Waals surface area contributed by atoms with Crippen LogP contribution in [0.3, 0.4) is 0 Å². The van der Waals surface area contributed by atoms with Gasteiger partial charge in [0.05, 0.1) is 5.92 Å². The van der Waals surface area contributed by atoms with Crippen molar-refractivity contribution in [3.8, 4) is 5.75 Å². The van der Waals surface area contributed by atoms with Gasteiger partial charge in [0.15, 0.2) is 0 Å². The summed E-state index contributed by atoms with van der Waals surface area (Å²) in [5.74, 6) is -0.729. The number of esters is 1. The van der Waals surface area contributed by atoms with E-state index in [9.17, 15) is 24.9 Å². The number of ether oxygens (including phenoxy) is 3. The lowest BCUT2D eigenvalue weighted by atomic mass is 9.99. The molecule has 1 amide bonds. The van der Waals surface area contributed by atoms with Crippen LogP contribution in [0.4, 0.5) is 5.69 Å². The number of nitrogens with one attached hydrogen (secondary N) is 1. The Hall–Kier alpha value is -2.20. The van der Waals surface area contributed by atoms with Gasteiger partial charge in [-0.2, -0.15) is 0 Å². The fourth-order valence-electron chi connectivity index (χ4n) is 2.44. The normalized spacial score (nSPS) is 27.9. The molecule has 1 saturated heterocycles. The Morgan fingerprint density at radius 1 is 1.11 bits per heavy atom. The maximum Gasteiger partial charge on any atom is 0.308 e. The van der Waals surface area contributed by atoms with E-state index in [4.69, 9.17) is 14.2 Å². The molecule has 9 heteroatoms. The van der Waals surface area contributed by atoms with Crippen LogP contribution in [0.2, 0.25) is 0 Å². The molecule has 1 aromatic rings. The molecular formula is C18H25NO8. The first-order valence-electron chi connectivity index (χ1n) is 8.59. The van der Waals surface area contributed by atoms with Crippen LogP contribution in [0.1, 0.15) is 20.8 Å². The second-order valence-electron chi connectivity index (χ2n) is 6.62. The number of anilines is 1. The van der Waals surface area contributed by atoms with Crippen molar-refractivity contribution in [2.24, 2.45) is 5.92 Å². The van der Waals surface area contributed by atoms with Gasteiger partial charge in [-0.05, 0) is 24.3 Å². The number of hydrogen-bond acceptors (Lipinski definition) is 8. The number of aliphatic hydroxyl groups excluding tert-OH is 3. The highest BCUT2D eigenvalue weighted by atomic mass is 16.7. The van der Waals surface area contributed by atoms with Gasteiger partial charge in [-0.15, -0.1) is 0 Å². The van der Waals surface area contributed by atoms with Gasteiger partial charge in [0.1, 0.15) is 36.8 Å². The SMILES string of the molecule is CC(=O)Nc1ccc(O[C@H]2O[C@H](COC(=O)C(C)C)[C@@H](O)[C@H](O)[C@@H]2O)cc1. The van der Waals surface area contributed by atoms with Gasteiger partial charge < -0.3 is 34.8 Å². The zero-order chi connectivity index (χ0) is 20.1. The fourth-order valence-corrected chi connectivity index (χ4v) is 2.44. The minimum atomic E-state index is -1.54. The molecule has 0 saturated carbocycles. The largest absolute Gasteiger partial charge is 0.463 e. The number of carbonyl (C=O) groups is 2. The van der Waals surface area contributed by atoms with Crippen molar-refractivity contribution in [3.63, 3.8) is 0 Å². The smallest absolute Gasteiger partial charge is 0.308 e. The summed E-state index contributed by atoms with van der Waals surface area (Å²) in [6.45, 7) is 4.42. The standard InChI is InChI=1S/C18H25NO8/c1-9(2)17(24)25-8-13-14(21)15(22)16(23)18(27-13)26-12-6-4-11(5-7-12)19-10(3)20/h4-7,9,13-16,18,21-23H,8H2,1-3H3,(H,19,20)/t13-,14-,15+,16+,18+/m1/s1. The molecule has 0 unspecified atom stereocenters. The number of rotatable bonds is 6. The van der Waals surface area contributed by atoms with Gasteiger partial charge in [0, 0.05) is 12.6 Å². The Morgan fingerprint density at radius 2 is 1.74 bits per heavy atom. The number of carbonyl (C=O) groups excluding carboxylic acids is 2. The third kappa shape index (κ3) is 5.64. The maximum atomic E-state index is 11.6. The maximum absolute atomic E-state index is 11.6. The van der Waals surface area contributed by atoms with Crippen molar-refractivity contribution in [1.82, 2.24) is 0 Å². The topological polar surface area (TPSA) is 135 Å². The Balaban J connectivity index is 2.02. The van der Waals surface area contributed by atoms with Gasteiger partial charge in [0.25, 0.3) is 0 Å². The van der Waals surface area contributed by atoms with Gasteiger partial charge in [0.2, 0.25) is 12.2 Å². The second-order valence-corrected chi connectivity index (χ2v) is 6.62. The molecule has 9 nitrogen and oxygen atoms in total. The van der Waals surface area contributed by atoms with Gasteiger partial charge in [-0.3, -0.25) is 9.59 Å². The van der Waals surface area contributed by atoms with Crippen LogP contribution >= 0.6 is 0 Å². The molecule has 0 radical (unpaired) electrons. The van der Waals surface area contributed by atoms with Gasteiger partial charge in [-0.1, -0.05) is 13.8 Å². The Bertz CT molecular complexity index is 647. The van der Waals surface area contributed by atoms with Crippen molar-refractivity contribution < 1.29 is 39.1 Å². The molecule has 1 aromatic carbocycles. The monoisotopic (exact) mass is 383 g/mol. The van der Waals surface area contributed by atoms with Crippen molar-refractivity contribution in [2.75, 3.05) is 11.9 Å². The molecule has 1 aliphatic rings. The first-order chi connectivity index (χ1) is 12.7. The third-order valence-corrected chi connectivity index (χ3v) is 3.96. The van der Waals surface area contributed by atoms with Crippen LogP contribution in [-0.4, -0.2) is 64.5 Å². The predicted molar refractivity (Wildman–Crippen MR) is 93.9 cm³/mol. The number of benzene rings is 1. The summed E-state index contributed by atoms with van der Waals surface area (Å²) in [6, 6.07) is 6.29. The minimum Gasteiger partial charge on any atom is -0.463 e. The highest BCUT2D eigenvalue weighted by molar-refractivity contribution is 5.88. The van der Waals surface area contributed by atoms with Crippen LogP contribution in [0.15, 0.2) is 24.3 Å². The average Bonchev–Trinajstić information content (AvgIpc) is 2.61. The van der Waals surface area contributed by atoms with Gasteiger partial charge >= 0.3 is 5.97 Å². The zero-order valence-corrected chi connectivity index (χ0v) is 15.4. The highest BCUT2D eigenvalue weighted by Gasteiger charge is 2.45. The van der Waals surface area contributed by atoms with E-state index in [0.717, 1.165) is 0 Å². The van der Waals surface area contributed by atoms with Crippen molar-refractivity contribution >= 4 is 17.6 Å². The van der Waals surface area contributed by atoms with Crippen LogP contribution in [0.25, 0.3) is 0 Å². The van der Waals surface area contributed by atoms with E-state index in [0.29, 0.717) is 11.4 Å². The highest BCUT2D eigenvalue weighted by Crippen LogP contribution is 2.25. The molecule has 0 aromatic heterocycles.